The van der Waals surface area contributed by atoms with Crippen molar-refractivity contribution in [3.05, 3.63) is 17.5 Å². The minimum atomic E-state index is 0.133. The van der Waals surface area contributed by atoms with Crippen LogP contribution in [0.5, 0.6) is 0 Å². The lowest BCUT2D eigenvalue weighted by Gasteiger charge is -2.06. The van der Waals surface area contributed by atoms with E-state index in [1.807, 2.05) is 24.6 Å². The minimum Gasteiger partial charge on any atom is -0.356 e. The van der Waals surface area contributed by atoms with E-state index in [0.717, 1.165) is 24.4 Å². The monoisotopic (exact) mass is 293 g/mol. The molecule has 0 aliphatic carbocycles. The highest BCUT2D eigenvalue weighted by molar-refractivity contribution is 5.75. The maximum atomic E-state index is 11.8. The first-order chi connectivity index (χ1) is 10.1. The summed E-state index contributed by atoms with van der Waals surface area (Å²) in [6, 6.07) is 2.04. The third-order valence-electron chi connectivity index (χ3n) is 3.76. The molecule has 0 radical (unpaired) electrons. The van der Waals surface area contributed by atoms with Crippen LogP contribution in [0.1, 0.15) is 69.7 Å². The van der Waals surface area contributed by atoms with Crippen LogP contribution in [0.3, 0.4) is 0 Å². The molecule has 120 valence electrons. The van der Waals surface area contributed by atoms with Gasteiger partial charge in [0.1, 0.15) is 0 Å². The molecule has 0 aliphatic rings. The lowest BCUT2D eigenvalue weighted by atomic mass is 10.1. The standard InChI is InChI=1S/C17H31N3O/c1-4-5-6-7-8-9-10-12-18-17(21)11-13-20-16(3)14-15(2)19-20/h14H,4-13H2,1-3H3,(H,18,21). The van der Waals surface area contributed by atoms with Crippen LogP contribution in [0.15, 0.2) is 6.07 Å². The van der Waals surface area contributed by atoms with E-state index in [1.54, 1.807) is 0 Å². The van der Waals surface area contributed by atoms with Crippen molar-refractivity contribution in [3.8, 4) is 0 Å². The van der Waals surface area contributed by atoms with Crippen LogP contribution in [0.4, 0.5) is 0 Å². The largest absolute Gasteiger partial charge is 0.356 e. The molecule has 1 heterocycles. The number of amides is 1. The molecule has 0 unspecified atom stereocenters. The molecule has 0 atom stereocenters. The number of aromatic nitrogens is 2. The fourth-order valence-corrected chi connectivity index (χ4v) is 2.51. The first-order valence-electron chi connectivity index (χ1n) is 8.41. The van der Waals surface area contributed by atoms with Gasteiger partial charge in [-0.2, -0.15) is 5.10 Å². The van der Waals surface area contributed by atoms with Crippen LogP contribution in [-0.4, -0.2) is 22.2 Å². The second-order valence-electron chi connectivity index (χ2n) is 5.87. The van der Waals surface area contributed by atoms with Crippen molar-refractivity contribution < 1.29 is 4.79 Å². The summed E-state index contributed by atoms with van der Waals surface area (Å²) in [5.41, 5.74) is 2.13. The maximum absolute atomic E-state index is 11.8. The van der Waals surface area contributed by atoms with E-state index >= 15 is 0 Å². The summed E-state index contributed by atoms with van der Waals surface area (Å²) in [7, 11) is 0. The Labute approximate surface area is 129 Å². The predicted octanol–water partition coefficient (Wildman–Crippen LogP) is 3.76. The van der Waals surface area contributed by atoms with Crippen molar-refractivity contribution in [1.82, 2.24) is 15.1 Å². The van der Waals surface area contributed by atoms with E-state index in [4.69, 9.17) is 0 Å². The zero-order chi connectivity index (χ0) is 15.5. The Kier molecular flexibility index (Phi) is 8.79. The Balaban J connectivity index is 2.00. The van der Waals surface area contributed by atoms with Gasteiger partial charge in [0.2, 0.25) is 5.91 Å². The highest BCUT2D eigenvalue weighted by atomic mass is 16.1. The molecule has 0 saturated carbocycles. The van der Waals surface area contributed by atoms with E-state index in [-0.39, 0.29) is 5.91 Å². The highest BCUT2D eigenvalue weighted by Crippen LogP contribution is 2.06. The zero-order valence-corrected chi connectivity index (χ0v) is 14.0. The van der Waals surface area contributed by atoms with E-state index in [0.29, 0.717) is 13.0 Å². The number of nitrogens with zero attached hydrogens (tertiary/aromatic N) is 2. The topological polar surface area (TPSA) is 46.9 Å². The molecule has 4 nitrogen and oxygen atoms in total. The molecule has 4 heteroatoms. The maximum Gasteiger partial charge on any atom is 0.221 e. The van der Waals surface area contributed by atoms with Crippen LogP contribution in [0.25, 0.3) is 0 Å². The van der Waals surface area contributed by atoms with Gasteiger partial charge in [0.05, 0.1) is 5.69 Å². The molecule has 0 aromatic carbocycles. The van der Waals surface area contributed by atoms with Gasteiger partial charge < -0.3 is 5.32 Å². The summed E-state index contributed by atoms with van der Waals surface area (Å²) in [6.45, 7) is 7.72. The lowest BCUT2D eigenvalue weighted by Crippen LogP contribution is -2.25. The second-order valence-corrected chi connectivity index (χ2v) is 5.87. The molecule has 0 saturated heterocycles. The van der Waals surface area contributed by atoms with Crippen molar-refractivity contribution in [1.29, 1.82) is 0 Å². The summed E-state index contributed by atoms with van der Waals surface area (Å²) >= 11 is 0. The van der Waals surface area contributed by atoms with Crippen molar-refractivity contribution in [2.45, 2.75) is 78.7 Å². The van der Waals surface area contributed by atoms with Crippen LogP contribution < -0.4 is 5.32 Å². The summed E-state index contributed by atoms with van der Waals surface area (Å²) in [4.78, 5) is 11.8. The minimum absolute atomic E-state index is 0.133. The first-order valence-corrected chi connectivity index (χ1v) is 8.41. The Morgan fingerprint density at radius 3 is 2.43 bits per heavy atom. The smallest absolute Gasteiger partial charge is 0.221 e. The summed E-state index contributed by atoms with van der Waals surface area (Å²) in [5, 5.41) is 7.37. The third kappa shape index (κ3) is 7.88. The molecular formula is C17H31N3O. The number of rotatable bonds is 11. The van der Waals surface area contributed by atoms with Gasteiger partial charge in [0.25, 0.3) is 0 Å². The first kappa shape index (κ1) is 17.7. The average Bonchev–Trinajstić information content (AvgIpc) is 2.77. The van der Waals surface area contributed by atoms with Gasteiger partial charge in [0.15, 0.2) is 0 Å². The van der Waals surface area contributed by atoms with Crippen LogP contribution in [0.2, 0.25) is 0 Å². The number of hydrogen-bond acceptors (Lipinski definition) is 2. The van der Waals surface area contributed by atoms with Gasteiger partial charge in [-0.1, -0.05) is 45.4 Å². The molecule has 0 bridgehead atoms. The second kappa shape index (κ2) is 10.4. The Hall–Kier alpha value is -1.32. The lowest BCUT2D eigenvalue weighted by molar-refractivity contribution is -0.121. The number of hydrogen-bond donors (Lipinski definition) is 1. The van der Waals surface area contributed by atoms with E-state index in [2.05, 4.69) is 17.3 Å². The molecule has 1 rings (SSSR count). The molecule has 1 aromatic rings. The van der Waals surface area contributed by atoms with Crippen LogP contribution >= 0.6 is 0 Å². The summed E-state index contributed by atoms with van der Waals surface area (Å²) in [6.07, 6.45) is 9.46. The van der Waals surface area contributed by atoms with Crippen molar-refractivity contribution >= 4 is 5.91 Å². The third-order valence-corrected chi connectivity index (χ3v) is 3.76. The molecule has 1 amide bonds. The fraction of sp³-hybridized carbons (Fsp3) is 0.765. The number of carbonyl (C=O) groups excluding carboxylic acids is 1. The van der Waals surface area contributed by atoms with Crippen molar-refractivity contribution in [3.63, 3.8) is 0 Å². The Morgan fingerprint density at radius 2 is 1.81 bits per heavy atom. The summed E-state index contributed by atoms with van der Waals surface area (Å²) in [5.74, 6) is 0.133. The Morgan fingerprint density at radius 1 is 1.14 bits per heavy atom. The number of carbonyl (C=O) groups is 1. The average molecular weight is 293 g/mol. The van der Waals surface area contributed by atoms with Gasteiger partial charge in [-0.25, -0.2) is 0 Å². The number of nitrogens with one attached hydrogen (secondary N) is 1. The predicted molar refractivity (Wildman–Crippen MR) is 87.3 cm³/mol. The SMILES string of the molecule is CCCCCCCCCNC(=O)CCn1nc(C)cc1C. The van der Waals surface area contributed by atoms with Crippen LogP contribution in [-0.2, 0) is 11.3 Å². The van der Waals surface area contributed by atoms with Gasteiger partial charge in [-0.05, 0) is 26.3 Å². The van der Waals surface area contributed by atoms with E-state index < -0.39 is 0 Å². The number of unbranched alkanes of at least 4 members (excludes halogenated alkanes) is 6. The quantitative estimate of drug-likeness (QED) is 0.631. The molecule has 21 heavy (non-hydrogen) atoms. The van der Waals surface area contributed by atoms with Gasteiger partial charge in [0, 0.05) is 25.2 Å². The fourth-order valence-electron chi connectivity index (χ4n) is 2.51. The van der Waals surface area contributed by atoms with Gasteiger partial charge in [-0.3, -0.25) is 9.48 Å². The molecule has 0 fully saturated rings. The van der Waals surface area contributed by atoms with Gasteiger partial charge in [-0.15, -0.1) is 0 Å². The Bertz CT molecular complexity index is 412. The summed E-state index contributed by atoms with van der Waals surface area (Å²) < 4.78 is 1.91. The molecular weight excluding hydrogens is 262 g/mol. The normalized spacial score (nSPS) is 10.8. The van der Waals surface area contributed by atoms with E-state index in [9.17, 15) is 4.79 Å². The molecule has 0 spiro atoms. The molecule has 0 aliphatic heterocycles. The van der Waals surface area contributed by atoms with Crippen molar-refractivity contribution in [2.24, 2.45) is 0 Å². The van der Waals surface area contributed by atoms with Crippen molar-refractivity contribution in [2.75, 3.05) is 6.54 Å². The zero-order valence-electron chi connectivity index (χ0n) is 14.0. The van der Waals surface area contributed by atoms with E-state index in [1.165, 1.54) is 38.5 Å². The number of aryl methyl sites for hydroxylation is 3. The van der Waals surface area contributed by atoms with Crippen LogP contribution in [0, 0.1) is 13.8 Å². The highest BCUT2D eigenvalue weighted by Gasteiger charge is 2.04. The molecule has 1 N–H and O–H groups in total. The molecule has 1 aromatic heterocycles. The van der Waals surface area contributed by atoms with Gasteiger partial charge >= 0.3 is 0 Å².